The van der Waals surface area contributed by atoms with Crippen LogP contribution in [0.5, 0.6) is 0 Å². The summed E-state index contributed by atoms with van der Waals surface area (Å²) in [7, 11) is 0. The SMILES string of the molecule is CC(=O)Nc1c(-c2ccccc2Br)cc(-c2ccccc2)[nH]c1=O. The van der Waals surface area contributed by atoms with E-state index in [4.69, 9.17) is 0 Å². The Labute approximate surface area is 147 Å². The number of rotatable bonds is 3. The molecule has 2 N–H and O–H groups in total. The Morgan fingerprint density at radius 2 is 1.67 bits per heavy atom. The number of carbonyl (C=O) groups excluding carboxylic acids is 1. The van der Waals surface area contributed by atoms with E-state index >= 15 is 0 Å². The van der Waals surface area contributed by atoms with Crippen LogP contribution in [-0.2, 0) is 4.79 Å². The second kappa shape index (κ2) is 6.84. The summed E-state index contributed by atoms with van der Waals surface area (Å²) < 4.78 is 0.848. The van der Waals surface area contributed by atoms with Gasteiger partial charge in [0.25, 0.3) is 5.56 Å². The minimum absolute atomic E-state index is 0.245. The normalized spacial score (nSPS) is 10.4. The molecule has 0 atom stereocenters. The Morgan fingerprint density at radius 3 is 2.33 bits per heavy atom. The van der Waals surface area contributed by atoms with Gasteiger partial charge in [-0.1, -0.05) is 64.5 Å². The van der Waals surface area contributed by atoms with Crippen LogP contribution in [0.4, 0.5) is 5.69 Å². The zero-order valence-electron chi connectivity index (χ0n) is 13.0. The minimum Gasteiger partial charge on any atom is -0.321 e. The van der Waals surface area contributed by atoms with Crippen molar-refractivity contribution < 1.29 is 4.79 Å². The topological polar surface area (TPSA) is 62.0 Å². The van der Waals surface area contributed by atoms with Crippen LogP contribution >= 0.6 is 15.9 Å². The van der Waals surface area contributed by atoms with E-state index in [9.17, 15) is 9.59 Å². The maximum absolute atomic E-state index is 12.6. The highest BCUT2D eigenvalue weighted by Gasteiger charge is 2.15. The van der Waals surface area contributed by atoms with Crippen LogP contribution in [0.25, 0.3) is 22.4 Å². The van der Waals surface area contributed by atoms with E-state index in [0.717, 1.165) is 15.6 Å². The molecule has 3 aromatic rings. The minimum atomic E-state index is -0.336. The number of H-pyrrole nitrogens is 1. The van der Waals surface area contributed by atoms with Gasteiger partial charge < -0.3 is 10.3 Å². The maximum atomic E-state index is 12.6. The van der Waals surface area contributed by atoms with Gasteiger partial charge in [-0.05, 0) is 23.3 Å². The van der Waals surface area contributed by atoms with Crippen LogP contribution in [0.3, 0.4) is 0 Å². The summed E-state index contributed by atoms with van der Waals surface area (Å²) in [6.07, 6.45) is 0. The largest absolute Gasteiger partial charge is 0.321 e. The van der Waals surface area contributed by atoms with Crippen LogP contribution in [0, 0.1) is 0 Å². The van der Waals surface area contributed by atoms with Gasteiger partial charge in [0, 0.05) is 22.7 Å². The molecule has 1 aromatic heterocycles. The van der Waals surface area contributed by atoms with E-state index in [-0.39, 0.29) is 17.2 Å². The van der Waals surface area contributed by atoms with E-state index in [1.54, 1.807) is 0 Å². The zero-order valence-corrected chi connectivity index (χ0v) is 14.6. The highest BCUT2D eigenvalue weighted by Crippen LogP contribution is 2.33. The molecule has 4 nitrogen and oxygen atoms in total. The molecular formula is C19H15BrN2O2. The number of pyridine rings is 1. The Kier molecular flexibility index (Phi) is 4.62. The molecule has 0 saturated carbocycles. The Hall–Kier alpha value is -2.66. The monoisotopic (exact) mass is 382 g/mol. The first kappa shape index (κ1) is 16.2. The summed E-state index contributed by atoms with van der Waals surface area (Å²) in [5.41, 5.74) is 3.01. The van der Waals surface area contributed by atoms with E-state index in [0.29, 0.717) is 11.3 Å². The number of aromatic nitrogens is 1. The van der Waals surface area contributed by atoms with Crippen molar-refractivity contribution in [3.8, 4) is 22.4 Å². The van der Waals surface area contributed by atoms with Gasteiger partial charge in [-0.15, -0.1) is 0 Å². The number of nitrogens with one attached hydrogen (secondary N) is 2. The van der Waals surface area contributed by atoms with Crippen LogP contribution in [0.15, 0.2) is 69.9 Å². The average molecular weight is 383 g/mol. The first-order valence-electron chi connectivity index (χ1n) is 7.41. The Bertz CT molecular complexity index is 949. The lowest BCUT2D eigenvalue weighted by molar-refractivity contribution is -0.114. The summed E-state index contributed by atoms with van der Waals surface area (Å²) in [6, 6.07) is 19.1. The van der Waals surface area contributed by atoms with Crippen molar-refractivity contribution in [3.05, 3.63) is 75.5 Å². The molecule has 5 heteroatoms. The van der Waals surface area contributed by atoms with Crippen LogP contribution in [0.2, 0.25) is 0 Å². The third-order valence-electron chi connectivity index (χ3n) is 3.58. The van der Waals surface area contributed by atoms with E-state index in [1.807, 2.05) is 60.7 Å². The molecule has 120 valence electrons. The summed E-state index contributed by atoms with van der Waals surface area (Å²) >= 11 is 3.51. The summed E-state index contributed by atoms with van der Waals surface area (Å²) in [4.78, 5) is 26.9. The fraction of sp³-hybridized carbons (Fsp3) is 0.0526. The van der Waals surface area contributed by atoms with Gasteiger partial charge in [0.1, 0.15) is 5.69 Å². The fourth-order valence-corrected chi connectivity index (χ4v) is 3.02. The molecule has 2 aromatic carbocycles. The van der Waals surface area contributed by atoms with Crippen molar-refractivity contribution in [2.24, 2.45) is 0 Å². The molecule has 3 rings (SSSR count). The average Bonchev–Trinajstić information content (AvgIpc) is 2.57. The van der Waals surface area contributed by atoms with Crippen molar-refractivity contribution in [3.63, 3.8) is 0 Å². The number of carbonyl (C=O) groups is 1. The number of amides is 1. The Balaban J connectivity index is 2.27. The van der Waals surface area contributed by atoms with Gasteiger partial charge in [-0.25, -0.2) is 0 Å². The second-order valence-corrected chi connectivity index (χ2v) is 6.18. The molecule has 0 fully saturated rings. The number of benzene rings is 2. The van der Waals surface area contributed by atoms with Crippen molar-refractivity contribution in [2.75, 3.05) is 5.32 Å². The predicted molar refractivity (Wildman–Crippen MR) is 99.9 cm³/mol. The first-order valence-corrected chi connectivity index (χ1v) is 8.21. The second-order valence-electron chi connectivity index (χ2n) is 5.33. The Morgan fingerprint density at radius 1 is 1.00 bits per heavy atom. The zero-order chi connectivity index (χ0) is 17.1. The molecule has 0 bridgehead atoms. The quantitative estimate of drug-likeness (QED) is 0.703. The molecule has 0 aliphatic heterocycles. The number of anilines is 1. The highest BCUT2D eigenvalue weighted by atomic mass is 79.9. The van der Waals surface area contributed by atoms with Crippen molar-refractivity contribution in [1.82, 2.24) is 4.98 Å². The van der Waals surface area contributed by atoms with Gasteiger partial charge in [-0.3, -0.25) is 9.59 Å². The predicted octanol–water partition coefficient (Wildman–Crippen LogP) is 4.43. The lowest BCUT2D eigenvalue weighted by Crippen LogP contribution is -2.19. The molecule has 1 amide bonds. The van der Waals surface area contributed by atoms with E-state index in [1.165, 1.54) is 6.92 Å². The van der Waals surface area contributed by atoms with E-state index in [2.05, 4.69) is 26.2 Å². The highest BCUT2D eigenvalue weighted by molar-refractivity contribution is 9.10. The summed E-state index contributed by atoms with van der Waals surface area (Å²) in [6.45, 7) is 1.38. The molecule has 1 heterocycles. The molecule has 0 unspecified atom stereocenters. The van der Waals surface area contributed by atoms with Crippen molar-refractivity contribution >= 4 is 27.5 Å². The van der Waals surface area contributed by atoms with Gasteiger partial charge in [-0.2, -0.15) is 0 Å². The number of halogens is 1. The third kappa shape index (κ3) is 3.31. The lowest BCUT2D eigenvalue weighted by Gasteiger charge is -2.13. The fourth-order valence-electron chi connectivity index (χ4n) is 2.53. The van der Waals surface area contributed by atoms with Crippen molar-refractivity contribution in [1.29, 1.82) is 0 Å². The lowest BCUT2D eigenvalue weighted by atomic mass is 10.0. The molecule has 0 aliphatic carbocycles. The van der Waals surface area contributed by atoms with Crippen molar-refractivity contribution in [2.45, 2.75) is 6.92 Å². The summed E-state index contributed by atoms with van der Waals surface area (Å²) in [5, 5.41) is 2.64. The van der Waals surface area contributed by atoms with Crippen LogP contribution in [0.1, 0.15) is 6.92 Å². The summed E-state index contributed by atoms with van der Waals surface area (Å²) in [5.74, 6) is -0.290. The van der Waals surface area contributed by atoms with Gasteiger partial charge in [0.15, 0.2) is 0 Å². The number of aromatic amines is 1. The number of hydrogen-bond donors (Lipinski definition) is 2. The van der Waals surface area contributed by atoms with Gasteiger partial charge in [0.2, 0.25) is 5.91 Å². The standard InChI is InChI=1S/C19H15BrN2O2/c1-12(23)21-18-15(14-9-5-6-10-16(14)20)11-17(22-19(18)24)13-7-3-2-4-8-13/h2-11H,1H3,(H,21,23)(H,22,24). The molecule has 0 spiro atoms. The van der Waals surface area contributed by atoms with E-state index < -0.39 is 0 Å². The van der Waals surface area contributed by atoms with Gasteiger partial charge in [0.05, 0.1) is 0 Å². The first-order chi connectivity index (χ1) is 11.6. The smallest absolute Gasteiger partial charge is 0.272 e. The molecule has 24 heavy (non-hydrogen) atoms. The van der Waals surface area contributed by atoms with Crippen LogP contribution < -0.4 is 10.9 Å². The third-order valence-corrected chi connectivity index (χ3v) is 4.27. The molecular weight excluding hydrogens is 368 g/mol. The molecule has 0 aliphatic rings. The maximum Gasteiger partial charge on any atom is 0.272 e. The molecule has 0 saturated heterocycles. The van der Waals surface area contributed by atoms with Gasteiger partial charge >= 0.3 is 0 Å². The van der Waals surface area contributed by atoms with Crippen LogP contribution in [-0.4, -0.2) is 10.9 Å². The molecule has 0 radical (unpaired) electrons. The number of hydrogen-bond acceptors (Lipinski definition) is 2.